The molecular formula is C16H18N2OS. The number of thiophene rings is 1. The smallest absolute Gasteiger partial charge is 0.256 e. The van der Waals surface area contributed by atoms with E-state index in [1.165, 1.54) is 16.0 Å². The van der Waals surface area contributed by atoms with Gasteiger partial charge >= 0.3 is 0 Å². The lowest BCUT2D eigenvalue weighted by molar-refractivity contribution is 0.0829. The number of anilines is 1. The van der Waals surface area contributed by atoms with E-state index in [-0.39, 0.29) is 5.91 Å². The molecule has 20 heavy (non-hydrogen) atoms. The standard InChI is InChI=1S/C16H18N2OS/c1-18(2)16(19)14-13-11-8-4-3-6-10(11)7-5-9-12(13)20-15(14)17/h3-4,6,8H,5,7,9,17H2,1-2H3. The summed E-state index contributed by atoms with van der Waals surface area (Å²) in [4.78, 5) is 15.3. The van der Waals surface area contributed by atoms with E-state index >= 15 is 0 Å². The molecular weight excluding hydrogens is 268 g/mol. The summed E-state index contributed by atoms with van der Waals surface area (Å²) in [5.74, 6) is -0.00305. The van der Waals surface area contributed by atoms with E-state index in [0.717, 1.165) is 24.8 Å². The van der Waals surface area contributed by atoms with Crippen LogP contribution in [0.25, 0.3) is 11.1 Å². The van der Waals surface area contributed by atoms with Gasteiger partial charge in [-0.15, -0.1) is 11.3 Å². The Morgan fingerprint density at radius 3 is 2.75 bits per heavy atom. The Morgan fingerprint density at radius 1 is 1.25 bits per heavy atom. The van der Waals surface area contributed by atoms with Crippen molar-refractivity contribution in [2.75, 3.05) is 19.8 Å². The molecule has 1 aromatic heterocycles. The third kappa shape index (κ3) is 2.00. The van der Waals surface area contributed by atoms with E-state index < -0.39 is 0 Å². The molecule has 0 radical (unpaired) electrons. The van der Waals surface area contributed by atoms with Gasteiger partial charge in [-0.05, 0) is 30.4 Å². The van der Waals surface area contributed by atoms with E-state index in [0.29, 0.717) is 10.6 Å². The fourth-order valence-corrected chi connectivity index (χ4v) is 3.93. The van der Waals surface area contributed by atoms with Crippen LogP contribution in [0, 0.1) is 0 Å². The Morgan fingerprint density at radius 2 is 2.00 bits per heavy atom. The third-order valence-corrected chi connectivity index (χ3v) is 4.84. The maximum Gasteiger partial charge on any atom is 0.256 e. The van der Waals surface area contributed by atoms with Crippen molar-refractivity contribution in [3.05, 3.63) is 40.3 Å². The van der Waals surface area contributed by atoms with Crippen LogP contribution in [-0.2, 0) is 12.8 Å². The summed E-state index contributed by atoms with van der Waals surface area (Å²) in [7, 11) is 3.54. The zero-order chi connectivity index (χ0) is 14.3. The summed E-state index contributed by atoms with van der Waals surface area (Å²) in [6.07, 6.45) is 3.17. The molecule has 2 N–H and O–H groups in total. The predicted molar refractivity (Wildman–Crippen MR) is 84.2 cm³/mol. The van der Waals surface area contributed by atoms with E-state index in [1.807, 2.05) is 6.07 Å². The topological polar surface area (TPSA) is 46.3 Å². The first kappa shape index (κ1) is 13.2. The molecule has 3 rings (SSSR count). The second-order valence-electron chi connectivity index (χ2n) is 5.35. The van der Waals surface area contributed by atoms with Crippen molar-refractivity contribution < 1.29 is 4.79 Å². The van der Waals surface area contributed by atoms with Crippen LogP contribution in [0.15, 0.2) is 24.3 Å². The number of rotatable bonds is 1. The van der Waals surface area contributed by atoms with Gasteiger partial charge in [-0.25, -0.2) is 0 Å². The van der Waals surface area contributed by atoms with Gasteiger partial charge in [-0.3, -0.25) is 4.79 Å². The van der Waals surface area contributed by atoms with Crippen molar-refractivity contribution in [1.82, 2.24) is 4.90 Å². The molecule has 1 aromatic carbocycles. The molecule has 2 aromatic rings. The second kappa shape index (κ2) is 4.94. The fourth-order valence-electron chi connectivity index (χ4n) is 2.82. The molecule has 0 aliphatic heterocycles. The average molecular weight is 286 g/mol. The monoisotopic (exact) mass is 286 g/mol. The molecule has 0 saturated carbocycles. The highest BCUT2D eigenvalue weighted by Crippen LogP contribution is 2.43. The number of nitrogens with zero attached hydrogens (tertiary/aromatic N) is 1. The van der Waals surface area contributed by atoms with Crippen molar-refractivity contribution in [3.8, 4) is 11.1 Å². The molecule has 0 spiro atoms. The number of aryl methyl sites for hydroxylation is 2. The zero-order valence-corrected chi connectivity index (χ0v) is 12.6. The maximum absolute atomic E-state index is 12.5. The number of hydrogen-bond acceptors (Lipinski definition) is 3. The summed E-state index contributed by atoms with van der Waals surface area (Å²) in [6.45, 7) is 0. The zero-order valence-electron chi connectivity index (χ0n) is 11.8. The molecule has 0 atom stereocenters. The van der Waals surface area contributed by atoms with E-state index in [9.17, 15) is 4.79 Å². The van der Waals surface area contributed by atoms with E-state index in [4.69, 9.17) is 5.73 Å². The van der Waals surface area contributed by atoms with Crippen LogP contribution < -0.4 is 5.73 Å². The number of carbonyl (C=O) groups excluding carboxylic acids is 1. The largest absolute Gasteiger partial charge is 0.390 e. The molecule has 104 valence electrons. The first-order chi connectivity index (χ1) is 9.59. The summed E-state index contributed by atoms with van der Waals surface area (Å²) < 4.78 is 0. The summed E-state index contributed by atoms with van der Waals surface area (Å²) in [6, 6.07) is 8.36. The minimum atomic E-state index is -0.00305. The highest BCUT2D eigenvalue weighted by molar-refractivity contribution is 7.17. The Kier molecular flexibility index (Phi) is 3.26. The van der Waals surface area contributed by atoms with Crippen molar-refractivity contribution in [2.45, 2.75) is 19.3 Å². The van der Waals surface area contributed by atoms with Crippen LogP contribution in [0.3, 0.4) is 0 Å². The van der Waals surface area contributed by atoms with Gasteiger partial charge in [0.25, 0.3) is 5.91 Å². The Balaban J connectivity index is 2.28. The third-order valence-electron chi connectivity index (χ3n) is 3.77. The number of nitrogen functional groups attached to an aromatic ring is 1. The van der Waals surface area contributed by atoms with Gasteiger partial charge in [0.15, 0.2) is 0 Å². The molecule has 0 fully saturated rings. The van der Waals surface area contributed by atoms with E-state index in [2.05, 4.69) is 18.2 Å². The van der Waals surface area contributed by atoms with Crippen molar-refractivity contribution in [3.63, 3.8) is 0 Å². The molecule has 0 unspecified atom stereocenters. The van der Waals surface area contributed by atoms with Gasteiger partial charge < -0.3 is 10.6 Å². The first-order valence-corrected chi connectivity index (χ1v) is 7.62. The molecule has 0 bridgehead atoms. The van der Waals surface area contributed by atoms with Crippen molar-refractivity contribution in [2.24, 2.45) is 0 Å². The van der Waals surface area contributed by atoms with E-state index in [1.54, 1.807) is 30.3 Å². The van der Waals surface area contributed by atoms with Crippen LogP contribution in [0.1, 0.15) is 27.2 Å². The number of carbonyl (C=O) groups is 1. The average Bonchev–Trinajstić information content (AvgIpc) is 2.64. The number of hydrogen-bond donors (Lipinski definition) is 1. The maximum atomic E-state index is 12.5. The predicted octanol–water partition coefficient (Wildman–Crippen LogP) is 3.19. The molecule has 1 aliphatic rings. The molecule has 1 heterocycles. The second-order valence-corrected chi connectivity index (χ2v) is 6.49. The van der Waals surface area contributed by atoms with Gasteiger partial charge in [-0.1, -0.05) is 24.3 Å². The number of fused-ring (bicyclic) bond motifs is 3. The van der Waals surface area contributed by atoms with Crippen LogP contribution >= 0.6 is 11.3 Å². The van der Waals surface area contributed by atoms with Crippen LogP contribution in [0.4, 0.5) is 5.00 Å². The minimum Gasteiger partial charge on any atom is -0.390 e. The molecule has 3 nitrogen and oxygen atoms in total. The number of nitrogens with two attached hydrogens (primary N) is 1. The summed E-state index contributed by atoms with van der Waals surface area (Å²) in [5.41, 5.74) is 10.4. The lowest BCUT2D eigenvalue weighted by Crippen LogP contribution is -2.22. The normalized spacial score (nSPS) is 13.3. The van der Waals surface area contributed by atoms with Crippen LogP contribution in [-0.4, -0.2) is 24.9 Å². The Hall–Kier alpha value is -1.81. The lowest BCUT2D eigenvalue weighted by Gasteiger charge is -2.13. The molecule has 1 aliphatic carbocycles. The van der Waals surface area contributed by atoms with Gasteiger partial charge in [-0.2, -0.15) is 0 Å². The molecule has 1 amide bonds. The lowest BCUT2D eigenvalue weighted by atomic mass is 9.96. The summed E-state index contributed by atoms with van der Waals surface area (Å²) in [5, 5.41) is 0.644. The SMILES string of the molecule is CN(C)C(=O)c1c(N)sc2c1-c1ccccc1CCC2. The van der Waals surface area contributed by atoms with Crippen LogP contribution in [0.2, 0.25) is 0 Å². The van der Waals surface area contributed by atoms with Gasteiger partial charge in [0.2, 0.25) is 0 Å². The highest BCUT2D eigenvalue weighted by Gasteiger charge is 2.27. The first-order valence-electron chi connectivity index (χ1n) is 6.80. The minimum absolute atomic E-state index is 0.00305. The number of amides is 1. The van der Waals surface area contributed by atoms with Crippen LogP contribution in [0.5, 0.6) is 0 Å². The Labute approximate surface area is 123 Å². The number of benzene rings is 1. The van der Waals surface area contributed by atoms with Crippen molar-refractivity contribution in [1.29, 1.82) is 0 Å². The Bertz CT molecular complexity index is 673. The van der Waals surface area contributed by atoms with Gasteiger partial charge in [0.1, 0.15) is 0 Å². The van der Waals surface area contributed by atoms with Gasteiger partial charge in [0, 0.05) is 24.5 Å². The quantitative estimate of drug-likeness (QED) is 0.875. The fraction of sp³-hybridized carbons (Fsp3) is 0.312. The highest BCUT2D eigenvalue weighted by atomic mass is 32.1. The van der Waals surface area contributed by atoms with Gasteiger partial charge in [0.05, 0.1) is 10.6 Å². The summed E-state index contributed by atoms with van der Waals surface area (Å²) >= 11 is 1.57. The van der Waals surface area contributed by atoms with Crippen molar-refractivity contribution >= 4 is 22.2 Å². The molecule has 4 heteroatoms. The molecule has 0 saturated heterocycles.